The summed E-state index contributed by atoms with van der Waals surface area (Å²) in [5.41, 5.74) is -0.236. The van der Waals surface area contributed by atoms with Gasteiger partial charge in [-0.1, -0.05) is 6.92 Å². The molecule has 1 saturated heterocycles. The van der Waals surface area contributed by atoms with Crippen LogP contribution < -0.4 is 5.32 Å². The number of amides is 1. The minimum Gasteiger partial charge on any atom is -0.339 e. The third kappa shape index (κ3) is 2.98. The predicted octanol–water partition coefficient (Wildman–Crippen LogP) is 1.53. The highest BCUT2D eigenvalue weighted by molar-refractivity contribution is 5.83. The Morgan fingerprint density at radius 3 is 2.71 bits per heavy atom. The highest BCUT2D eigenvalue weighted by atomic mass is 16.2. The van der Waals surface area contributed by atoms with Crippen LogP contribution in [0.1, 0.15) is 40.0 Å². The van der Waals surface area contributed by atoms with Crippen LogP contribution in [0.3, 0.4) is 0 Å². The third-order valence-corrected chi connectivity index (χ3v) is 3.72. The fourth-order valence-corrected chi connectivity index (χ4v) is 2.45. The van der Waals surface area contributed by atoms with Gasteiger partial charge in [-0.15, -0.1) is 0 Å². The zero-order valence-corrected chi connectivity index (χ0v) is 11.1. The highest BCUT2D eigenvalue weighted by Crippen LogP contribution is 2.32. The summed E-state index contributed by atoms with van der Waals surface area (Å²) in [5.74, 6) is 0.218. The number of nitrogens with one attached hydrogen (secondary N) is 1. The second-order valence-corrected chi connectivity index (χ2v) is 5.06. The van der Waals surface area contributed by atoms with Gasteiger partial charge in [-0.05, 0) is 33.2 Å². The number of carbonyl (C=O) groups is 1. The molecule has 1 atom stereocenters. The quantitative estimate of drug-likeness (QED) is 0.789. The molecule has 17 heavy (non-hydrogen) atoms. The van der Waals surface area contributed by atoms with Gasteiger partial charge in [-0.3, -0.25) is 4.79 Å². The fourth-order valence-electron chi connectivity index (χ4n) is 2.45. The van der Waals surface area contributed by atoms with Gasteiger partial charge in [0.25, 0.3) is 0 Å². The molecule has 0 radical (unpaired) electrons. The Labute approximate surface area is 104 Å². The van der Waals surface area contributed by atoms with E-state index < -0.39 is 0 Å². The summed E-state index contributed by atoms with van der Waals surface area (Å²) in [6.07, 6.45) is 2.20. The second-order valence-electron chi connectivity index (χ2n) is 5.06. The first-order valence-corrected chi connectivity index (χ1v) is 6.46. The van der Waals surface area contributed by atoms with Gasteiger partial charge in [0.05, 0.1) is 17.9 Å². The Kier molecular flexibility index (Phi) is 4.95. The molecule has 0 aromatic rings. The third-order valence-electron chi connectivity index (χ3n) is 3.72. The molecule has 1 amide bonds. The summed E-state index contributed by atoms with van der Waals surface area (Å²) in [6, 6.07) is 2.29. The van der Waals surface area contributed by atoms with Crippen molar-refractivity contribution < 1.29 is 4.79 Å². The van der Waals surface area contributed by atoms with Crippen molar-refractivity contribution in [2.24, 2.45) is 5.41 Å². The van der Waals surface area contributed by atoms with E-state index in [1.54, 1.807) is 0 Å². The molecule has 96 valence electrons. The molecule has 4 nitrogen and oxygen atoms in total. The van der Waals surface area contributed by atoms with Gasteiger partial charge < -0.3 is 10.2 Å². The van der Waals surface area contributed by atoms with Crippen LogP contribution in [0.25, 0.3) is 0 Å². The molecule has 0 spiro atoms. The van der Waals surface area contributed by atoms with Gasteiger partial charge in [0.15, 0.2) is 0 Å². The minimum atomic E-state index is -0.236. The van der Waals surface area contributed by atoms with Gasteiger partial charge in [-0.25, -0.2) is 0 Å². The molecule has 0 aromatic heterocycles. The molecule has 0 saturated carbocycles. The van der Waals surface area contributed by atoms with E-state index >= 15 is 0 Å². The summed E-state index contributed by atoms with van der Waals surface area (Å²) in [6.45, 7) is 8.35. The zero-order valence-electron chi connectivity index (χ0n) is 11.1. The van der Waals surface area contributed by atoms with E-state index in [1.165, 1.54) is 0 Å². The van der Waals surface area contributed by atoms with Crippen LogP contribution >= 0.6 is 0 Å². The SMILES string of the molecule is CCC1(C(=O)N(CCC#N)C(C)C)CCNC1. The average molecular weight is 237 g/mol. The first-order chi connectivity index (χ1) is 8.07. The maximum Gasteiger partial charge on any atom is 0.230 e. The van der Waals surface area contributed by atoms with E-state index in [-0.39, 0.29) is 17.4 Å². The van der Waals surface area contributed by atoms with E-state index in [1.807, 2.05) is 18.7 Å². The molecule has 0 aliphatic carbocycles. The zero-order chi connectivity index (χ0) is 12.9. The van der Waals surface area contributed by atoms with Crippen LogP contribution in [0.2, 0.25) is 0 Å². The maximum absolute atomic E-state index is 12.6. The summed E-state index contributed by atoms with van der Waals surface area (Å²) in [4.78, 5) is 14.5. The largest absolute Gasteiger partial charge is 0.339 e. The van der Waals surface area contributed by atoms with Crippen LogP contribution in [0, 0.1) is 16.7 Å². The number of nitrogens with zero attached hydrogens (tertiary/aromatic N) is 2. The standard InChI is InChI=1S/C13H23N3O/c1-4-13(6-8-15-10-13)12(17)16(11(2)3)9-5-7-14/h11,15H,4-6,8-10H2,1-3H3. The van der Waals surface area contributed by atoms with E-state index in [9.17, 15) is 4.79 Å². The van der Waals surface area contributed by atoms with Gasteiger partial charge in [0, 0.05) is 19.1 Å². The van der Waals surface area contributed by atoms with E-state index in [4.69, 9.17) is 5.26 Å². The molecule has 1 N–H and O–H groups in total. The Morgan fingerprint density at radius 1 is 1.59 bits per heavy atom. The second kappa shape index (κ2) is 6.02. The lowest BCUT2D eigenvalue weighted by Gasteiger charge is -2.35. The lowest BCUT2D eigenvalue weighted by atomic mass is 9.82. The Bertz CT molecular complexity index is 300. The van der Waals surface area contributed by atoms with Crippen molar-refractivity contribution in [2.45, 2.75) is 46.1 Å². The molecule has 1 aliphatic rings. The van der Waals surface area contributed by atoms with Gasteiger partial charge in [0.1, 0.15) is 0 Å². The van der Waals surface area contributed by atoms with Gasteiger partial charge >= 0.3 is 0 Å². The molecule has 1 aliphatic heterocycles. The van der Waals surface area contributed by atoms with Crippen LogP contribution in [0.15, 0.2) is 0 Å². The highest BCUT2D eigenvalue weighted by Gasteiger charge is 2.42. The first kappa shape index (κ1) is 14.0. The maximum atomic E-state index is 12.6. The normalized spacial score (nSPS) is 23.7. The van der Waals surface area contributed by atoms with Crippen molar-refractivity contribution in [1.29, 1.82) is 5.26 Å². The number of rotatable bonds is 5. The monoisotopic (exact) mass is 237 g/mol. The fraction of sp³-hybridized carbons (Fsp3) is 0.846. The summed E-state index contributed by atoms with van der Waals surface area (Å²) in [5, 5.41) is 11.9. The summed E-state index contributed by atoms with van der Waals surface area (Å²) < 4.78 is 0. The van der Waals surface area contributed by atoms with Crippen molar-refractivity contribution in [1.82, 2.24) is 10.2 Å². The molecule has 1 unspecified atom stereocenters. The van der Waals surface area contributed by atoms with Gasteiger partial charge in [-0.2, -0.15) is 5.26 Å². The Hall–Kier alpha value is -1.08. The van der Waals surface area contributed by atoms with Crippen molar-refractivity contribution >= 4 is 5.91 Å². The molecule has 0 bridgehead atoms. The molecule has 1 heterocycles. The topological polar surface area (TPSA) is 56.1 Å². The summed E-state index contributed by atoms with van der Waals surface area (Å²) in [7, 11) is 0. The van der Waals surface area contributed by atoms with Crippen LogP contribution in [0.5, 0.6) is 0 Å². The Morgan fingerprint density at radius 2 is 2.29 bits per heavy atom. The molecule has 0 aromatic carbocycles. The predicted molar refractivity (Wildman–Crippen MR) is 67.3 cm³/mol. The van der Waals surface area contributed by atoms with Crippen molar-refractivity contribution in [3.8, 4) is 6.07 Å². The van der Waals surface area contributed by atoms with Crippen LogP contribution in [-0.4, -0.2) is 36.5 Å². The Balaban J connectivity index is 2.79. The lowest BCUT2D eigenvalue weighted by Crippen LogP contribution is -2.48. The van der Waals surface area contributed by atoms with Crippen molar-refractivity contribution in [2.75, 3.05) is 19.6 Å². The molecule has 4 heteroatoms. The molecular formula is C13H23N3O. The number of hydrogen-bond donors (Lipinski definition) is 1. The van der Waals surface area contributed by atoms with Crippen molar-refractivity contribution in [3.63, 3.8) is 0 Å². The van der Waals surface area contributed by atoms with E-state index in [0.717, 1.165) is 25.9 Å². The first-order valence-electron chi connectivity index (χ1n) is 6.46. The van der Waals surface area contributed by atoms with E-state index in [2.05, 4.69) is 18.3 Å². The smallest absolute Gasteiger partial charge is 0.230 e. The number of nitriles is 1. The van der Waals surface area contributed by atoms with Crippen molar-refractivity contribution in [3.05, 3.63) is 0 Å². The number of hydrogen-bond acceptors (Lipinski definition) is 3. The van der Waals surface area contributed by atoms with Crippen LogP contribution in [-0.2, 0) is 4.79 Å². The lowest BCUT2D eigenvalue weighted by molar-refractivity contribution is -0.143. The van der Waals surface area contributed by atoms with Gasteiger partial charge in [0.2, 0.25) is 5.91 Å². The summed E-state index contributed by atoms with van der Waals surface area (Å²) >= 11 is 0. The minimum absolute atomic E-state index is 0.167. The molecular weight excluding hydrogens is 214 g/mol. The van der Waals surface area contributed by atoms with Crippen LogP contribution in [0.4, 0.5) is 0 Å². The average Bonchev–Trinajstić information content (AvgIpc) is 2.78. The van der Waals surface area contributed by atoms with E-state index in [0.29, 0.717) is 13.0 Å². The molecule has 1 rings (SSSR count). The molecule has 1 fully saturated rings. The number of carbonyl (C=O) groups excluding carboxylic acids is 1.